The van der Waals surface area contributed by atoms with E-state index in [9.17, 15) is 4.79 Å². The summed E-state index contributed by atoms with van der Waals surface area (Å²) in [5.74, 6) is 1.41. The summed E-state index contributed by atoms with van der Waals surface area (Å²) in [4.78, 5) is 19.1. The minimum absolute atomic E-state index is 0.0736. The number of amides is 1. The molecule has 124 valence electrons. The second-order valence-corrected chi connectivity index (χ2v) is 6.71. The largest absolute Gasteiger partial charge is 0.488 e. The highest BCUT2D eigenvalue weighted by Crippen LogP contribution is 2.39. The number of nitrogens with zero attached hydrogens (tertiary/aromatic N) is 2. The molecule has 1 fully saturated rings. The molecule has 1 aliphatic carbocycles. The summed E-state index contributed by atoms with van der Waals surface area (Å²) in [6.07, 6.45) is 4.55. The van der Waals surface area contributed by atoms with Crippen LogP contribution in [0.2, 0.25) is 0 Å². The molecule has 0 spiro atoms. The Morgan fingerprint density at radius 1 is 1.33 bits per heavy atom. The van der Waals surface area contributed by atoms with E-state index in [-0.39, 0.29) is 11.4 Å². The molecule has 1 aliphatic heterocycles. The van der Waals surface area contributed by atoms with Gasteiger partial charge >= 0.3 is 0 Å². The number of carbonyl (C=O) groups is 1. The molecule has 5 heteroatoms. The van der Waals surface area contributed by atoms with Crippen LogP contribution in [0.25, 0.3) is 0 Å². The molecule has 1 aromatic carbocycles. The van der Waals surface area contributed by atoms with Gasteiger partial charge in [0.1, 0.15) is 6.61 Å². The normalized spacial score (nSPS) is 17.6. The molecule has 2 aliphatic rings. The highest BCUT2D eigenvalue weighted by molar-refractivity contribution is 5.95. The number of carbonyl (C=O) groups excluding carboxylic acids is 1. The SMILES string of the molecule is CN1CCOc2cc(C(=O)NC3(Cc4ccccc4)CC3)cnc21. The lowest BCUT2D eigenvalue weighted by atomic mass is 10.0. The van der Waals surface area contributed by atoms with Gasteiger partial charge in [-0.15, -0.1) is 0 Å². The van der Waals surface area contributed by atoms with E-state index in [1.165, 1.54) is 5.56 Å². The van der Waals surface area contributed by atoms with Gasteiger partial charge in [-0.05, 0) is 30.9 Å². The zero-order valence-electron chi connectivity index (χ0n) is 13.8. The van der Waals surface area contributed by atoms with E-state index < -0.39 is 0 Å². The molecule has 0 saturated heterocycles. The van der Waals surface area contributed by atoms with E-state index in [4.69, 9.17) is 4.74 Å². The Morgan fingerprint density at radius 3 is 2.88 bits per heavy atom. The summed E-state index contributed by atoms with van der Waals surface area (Å²) in [5.41, 5.74) is 1.71. The number of pyridine rings is 1. The summed E-state index contributed by atoms with van der Waals surface area (Å²) in [5, 5.41) is 3.20. The maximum atomic E-state index is 12.6. The predicted octanol–water partition coefficient (Wildman–Crippen LogP) is 2.42. The number of nitrogens with one attached hydrogen (secondary N) is 1. The second kappa shape index (κ2) is 5.82. The Bertz CT molecular complexity index is 756. The molecule has 0 atom stereocenters. The molecule has 0 bridgehead atoms. The molecule has 1 saturated carbocycles. The lowest BCUT2D eigenvalue weighted by Gasteiger charge is -2.26. The van der Waals surface area contributed by atoms with Crippen molar-refractivity contribution in [2.45, 2.75) is 24.8 Å². The van der Waals surface area contributed by atoms with Crippen molar-refractivity contribution in [3.8, 4) is 5.75 Å². The molecule has 24 heavy (non-hydrogen) atoms. The second-order valence-electron chi connectivity index (χ2n) is 6.71. The van der Waals surface area contributed by atoms with Crippen LogP contribution >= 0.6 is 0 Å². The monoisotopic (exact) mass is 323 g/mol. The number of hydrogen-bond donors (Lipinski definition) is 1. The zero-order valence-corrected chi connectivity index (χ0v) is 13.8. The minimum Gasteiger partial charge on any atom is -0.488 e. The quantitative estimate of drug-likeness (QED) is 0.939. The van der Waals surface area contributed by atoms with E-state index in [2.05, 4.69) is 22.4 Å². The Hall–Kier alpha value is -2.56. The Morgan fingerprint density at radius 2 is 2.12 bits per heavy atom. The van der Waals surface area contributed by atoms with Crippen LogP contribution in [-0.2, 0) is 6.42 Å². The highest BCUT2D eigenvalue weighted by atomic mass is 16.5. The van der Waals surface area contributed by atoms with Gasteiger partial charge in [0.15, 0.2) is 11.6 Å². The van der Waals surface area contributed by atoms with Gasteiger partial charge in [-0.2, -0.15) is 0 Å². The summed E-state index contributed by atoms with van der Waals surface area (Å²) in [6.45, 7) is 1.43. The topological polar surface area (TPSA) is 54.5 Å². The zero-order chi connectivity index (χ0) is 16.6. The molecular weight excluding hydrogens is 302 g/mol. The van der Waals surface area contributed by atoms with Gasteiger partial charge in [0, 0.05) is 18.8 Å². The van der Waals surface area contributed by atoms with Crippen molar-refractivity contribution >= 4 is 11.7 Å². The number of anilines is 1. The molecule has 2 heterocycles. The molecule has 5 nitrogen and oxygen atoms in total. The Balaban J connectivity index is 1.48. The lowest BCUT2D eigenvalue weighted by Crippen LogP contribution is -2.38. The van der Waals surface area contributed by atoms with Crippen LogP contribution < -0.4 is 15.0 Å². The molecule has 1 N–H and O–H groups in total. The molecule has 1 aromatic heterocycles. The van der Waals surface area contributed by atoms with Gasteiger partial charge in [0.2, 0.25) is 0 Å². The minimum atomic E-state index is -0.105. The van der Waals surface area contributed by atoms with Crippen LogP contribution in [0.4, 0.5) is 5.82 Å². The van der Waals surface area contributed by atoms with Crippen molar-refractivity contribution in [3.05, 3.63) is 53.7 Å². The van der Waals surface area contributed by atoms with E-state index in [1.807, 2.05) is 30.1 Å². The van der Waals surface area contributed by atoms with Crippen molar-refractivity contribution < 1.29 is 9.53 Å². The number of aromatic nitrogens is 1. The summed E-state index contributed by atoms with van der Waals surface area (Å²) in [6, 6.07) is 12.1. The third-order valence-corrected chi connectivity index (χ3v) is 4.76. The standard InChI is InChI=1S/C19H21N3O2/c1-22-9-10-24-16-11-15(13-20-17(16)22)18(23)21-19(7-8-19)12-14-5-3-2-4-6-14/h2-6,11,13H,7-10,12H2,1H3,(H,21,23). The van der Waals surface area contributed by atoms with Crippen molar-refractivity contribution in [2.24, 2.45) is 0 Å². The summed E-state index contributed by atoms with van der Waals surface area (Å²) >= 11 is 0. The summed E-state index contributed by atoms with van der Waals surface area (Å²) in [7, 11) is 1.98. The third kappa shape index (κ3) is 2.94. The first-order chi connectivity index (χ1) is 11.7. The number of likely N-dealkylation sites (N-methyl/N-ethyl adjacent to an activating group) is 1. The fourth-order valence-corrected chi connectivity index (χ4v) is 3.15. The van der Waals surface area contributed by atoms with Crippen LogP contribution in [0.1, 0.15) is 28.8 Å². The van der Waals surface area contributed by atoms with Crippen molar-refractivity contribution in [1.82, 2.24) is 10.3 Å². The molecule has 1 amide bonds. The van der Waals surface area contributed by atoms with Gasteiger partial charge in [0.05, 0.1) is 12.1 Å². The van der Waals surface area contributed by atoms with E-state index in [1.54, 1.807) is 12.3 Å². The Labute approximate surface area is 141 Å². The first kappa shape index (κ1) is 15.0. The predicted molar refractivity (Wildman–Crippen MR) is 92.6 cm³/mol. The van der Waals surface area contributed by atoms with Gasteiger partial charge in [-0.1, -0.05) is 30.3 Å². The average Bonchev–Trinajstić information content (AvgIpc) is 3.34. The van der Waals surface area contributed by atoms with Crippen LogP contribution in [0.15, 0.2) is 42.6 Å². The van der Waals surface area contributed by atoms with Crippen molar-refractivity contribution in [2.75, 3.05) is 25.1 Å². The van der Waals surface area contributed by atoms with Crippen LogP contribution in [0, 0.1) is 0 Å². The van der Waals surface area contributed by atoms with E-state index >= 15 is 0 Å². The fourth-order valence-electron chi connectivity index (χ4n) is 3.15. The van der Waals surface area contributed by atoms with Gasteiger partial charge in [0.25, 0.3) is 5.91 Å². The average molecular weight is 323 g/mol. The number of ether oxygens (including phenoxy) is 1. The first-order valence-electron chi connectivity index (χ1n) is 8.36. The number of rotatable bonds is 4. The number of fused-ring (bicyclic) bond motifs is 1. The molecule has 0 radical (unpaired) electrons. The molecule has 4 rings (SSSR count). The van der Waals surface area contributed by atoms with E-state index in [0.717, 1.165) is 31.6 Å². The molecule has 2 aromatic rings. The fraction of sp³-hybridized carbons (Fsp3) is 0.368. The van der Waals surface area contributed by atoms with Crippen molar-refractivity contribution in [1.29, 1.82) is 0 Å². The smallest absolute Gasteiger partial charge is 0.253 e. The third-order valence-electron chi connectivity index (χ3n) is 4.76. The highest BCUT2D eigenvalue weighted by Gasteiger charge is 2.44. The van der Waals surface area contributed by atoms with Gasteiger partial charge in [-0.3, -0.25) is 4.79 Å². The maximum Gasteiger partial charge on any atom is 0.253 e. The number of benzene rings is 1. The van der Waals surface area contributed by atoms with Gasteiger partial charge < -0.3 is 15.0 Å². The lowest BCUT2D eigenvalue weighted by molar-refractivity contribution is 0.0930. The molecule has 0 unspecified atom stereocenters. The van der Waals surface area contributed by atoms with Gasteiger partial charge in [-0.25, -0.2) is 4.98 Å². The Kier molecular flexibility index (Phi) is 3.63. The van der Waals surface area contributed by atoms with Crippen LogP contribution in [0.3, 0.4) is 0 Å². The maximum absolute atomic E-state index is 12.6. The number of hydrogen-bond acceptors (Lipinski definition) is 4. The van der Waals surface area contributed by atoms with Crippen LogP contribution in [-0.4, -0.2) is 36.6 Å². The summed E-state index contributed by atoms with van der Waals surface area (Å²) < 4.78 is 5.64. The van der Waals surface area contributed by atoms with E-state index in [0.29, 0.717) is 17.9 Å². The molecular formula is C19H21N3O2. The first-order valence-corrected chi connectivity index (χ1v) is 8.36. The van der Waals surface area contributed by atoms with Crippen LogP contribution in [0.5, 0.6) is 5.75 Å². The van der Waals surface area contributed by atoms with Crippen molar-refractivity contribution in [3.63, 3.8) is 0 Å².